The van der Waals surface area contributed by atoms with Crippen LogP contribution in [0, 0.1) is 0 Å². The van der Waals surface area contributed by atoms with Gasteiger partial charge in [0.1, 0.15) is 0 Å². The number of hydrogen-bond donors (Lipinski definition) is 0. The third-order valence-electron chi connectivity index (χ3n) is 0.235. The van der Waals surface area contributed by atoms with Crippen molar-refractivity contribution in [1.82, 2.24) is 0 Å². The molecule has 0 aliphatic heterocycles. The van der Waals surface area contributed by atoms with E-state index in [9.17, 15) is 14.7 Å². The van der Waals surface area contributed by atoms with Crippen LogP contribution in [0.3, 0.4) is 0 Å². The van der Waals surface area contributed by atoms with Gasteiger partial charge in [0.2, 0.25) is 0 Å². The van der Waals surface area contributed by atoms with E-state index in [0.29, 0.717) is 0 Å². The van der Waals surface area contributed by atoms with Gasteiger partial charge in [-0.2, -0.15) is 0 Å². The Bertz CT molecular complexity index is 112. The van der Waals surface area contributed by atoms with Crippen LogP contribution in [0.15, 0.2) is 0 Å². The minimum atomic E-state index is -2.12. The normalized spacial score (nSPS) is 6.10. The third kappa shape index (κ3) is 12.6. The Morgan fingerprint density at radius 2 is 1.60 bits per heavy atom. The van der Waals surface area contributed by atoms with Gasteiger partial charge in [-0.05, 0) is 0 Å². The van der Waals surface area contributed by atoms with Crippen LogP contribution in [0.2, 0.25) is 0 Å². The van der Waals surface area contributed by atoms with E-state index >= 15 is 0 Å². The van der Waals surface area contributed by atoms with Crippen molar-refractivity contribution in [2.45, 2.75) is 0 Å². The molecule has 0 heterocycles. The van der Waals surface area contributed by atoms with Crippen molar-refractivity contribution in [3.8, 4) is 0 Å². The molecule has 0 aromatic heterocycles. The molecule has 46 valence electrons. The summed E-state index contributed by atoms with van der Waals surface area (Å²) in [4.78, 5) is 21.2. The maximum atomic E-state index is 9.44. The van der Waals surface area contributed by atoms with Gasteiger partial charge in [0.05, 0.1) is 0 Å². The summed E-state index contributed by atoms with van der Waals surface area (Å²) in [5.41, 5.74) is 0. The maximum absolute atomic E-state index is 9.44. The minimum Gasteiger partial charge on any atom is -0.660 e. The first-order chi connectivity index (χ1) is 3.66. The predicted octanol–water partition coefficient (Wildman–Crippen LogP) is -8.23. The van der Waals surface area contributed by atoms with Gasteiger partial charge < -0.3 is 24.8 Å². The standard InChI is InChI=1S/C2H2O6.2K/c3-1(4)7-2(5)8-6;;/h6H,(H,3,4);;/q;2*+1/p-2. The number of rotatable bonds is 0. The fraction of sp³-hybridized carbons (Fsp3) is 0. The topological polar surface area (TPSA) is 98.7 Å². The summed E-state index contributed by atoms with van der Waals surface area (Å²) in [5, 5.41) is 18.1. The molecule has 0 aromatic rings. The van der Waals surface area contributed by atoms with E-state index in [1.54, 1.807) is 0 Å². The second-order valence-electron chi connectivity index (χ2n) is 0.685. The van der Waals surface area contributed by atoms with Gasteiger partial charge in [-0.1, -0.05) is 0 Å². The molecule has 0 aliphatic carbocycles. The van der Waals surface area contributed by atoms with Crippen LogP contribution in [-0.4, -0.2) is 12.3 Å². The van der Waals surface area contributed by atoms with Crippen molar-refractivity contribution in [2.24, 2.45) is 0 Å². The molecule has 0 aliphatic rings. The Labute approximate surface area is 141 Å². The van der Waals surface area contributed by atoms with Gasteiger partial charge in [-0.25, -0.2) is 4.79 Å². The first kappa shape index (κ1) is 17.9. The molecule has 0 amide bonds. The van der Waals surface area contributed by atoms with Crippen LogP contribution in [0.4, 0.5) is 9.59 Å². The molecule has 0 spiro atoms. The summed E-state index contributed by atoms with van der Waals surface area (Å²) in [6.07, 6.45) is -3.96. The molecule has 0 N–H and O–H groups in total. The van der Waals surface area contributed by atoms with Gasteiger partial charge in [-0.15, -0.1) is 0 Å². The summed E-state index contributed by atoms with van der Waals surface area (Å²) in [6.45, 7) is 0. The number of carbonyl (C=O) groups excluding carboxylic acids is 2. The maximum Gasteiger partial charge on any atom is 1.00 e. The Kier molecular flexibility index (Phi) is 19.6. The molecular formula is C2K2O6. The van der Waals surface area contributed by atoms with E-state index in [-0.39, 0.29) is 103 Å². The molecule has 0 saturated carbocycles. The second-order valence-corrected chi connectivity index (χ2v) is 0.685. The number of carboxylic acid groups (broad SMARTS) is 1. The van der Waals surface area contributed by atoms with Crippen LogP contribution in [0.25, 0.3) is 0 Å². The van der Waals surface area contributed by atoms with Gasteiger partial charge in [-0.3, -0.25) is 0 Å². The van der Waals surface area contributed by atoms with Crippen LogP contribution < -0.4 is 113 Å². The largest absolute Gasteiger partial charge is 1.00 e. The molecular weight excluding hydrogens is 198 g/mol. The van der Waals surface area contributed by atoms with Crippen molar-refractivity contribution in [2.75, 3.05) is 0 Å². The predicted molar refractivity (Wildman–Crippen MR) is 13.0 cm³/mol. The molecule has 0 saturated heterocycles. The number of ether oxygens (including phenoxy) is 1. The Balaban J connectivity index is -0.000000245. The Morgan fingerprint density at radius 1 is 1.20 bits per heavy atom. The summed E-state index contributed by atoms with van der Waals surface area (Å²) in [6, 6.07) is 0. The average Bonchev–Trinajstić information content (AvgIpc) is 1.65. The first-order valence-electron chi connectivity index (χ1n) is 1.39. The zero-order valence-corrected chi connectivity index (χ0v) is 11.7. The molecule has 0 fully saturated rings. The van der Waals surface area contributed by atoms with E-state index in [0.717, 1.165) is 0 Å². The Hall–Kier alpha value is 1.97. The van der Waals surface area contributed by atoms with E-state index in [1.165, 1.54) is 0 Å². The molecule has 0 rings (SSSR count). The SMILES string of the molecule is O=C([O-])OC(=O)O[O-].[K+].[K+]. The summed E-state index contributed by atoms with van der Waals surface area (Å²) in [5.74, 6) is 0. The van der Waals surface area contributed by atoms with Crippen LogP contribution >= 0.6 is 0 Å². The monoisotopic (exact) mass is 198 g/mol. The van der Waals surface area contributed by atoms with E-state index in [1.807, 2.05) is 0 Å². The molecule has 0 radical (unpaired) electrons. The molecule has 0 atom stereocenters. The minimum absolute atomic E-state index is 0. The van der Waals surface area contributed by atoms with Crippen LogP contribution in [0.5, 0.6) is 0 Å². The summed E-state index contributed by atoms with van der Waals surface area (Å²) < 4.78 is 3.03. The van der Waals surface area contributed by atoms with Crippen molar-refractivity contribution < 1.29 is 132 Å². The van der Waals surface area contributed by atoms with Gasteiger partial charge in [0, 0.05) is 0 Å². The van der Waals surface area contributed by atoms with Crippen LogP contribution in [0.1, 0.15) is 0 Å². The van der Waals surface area contributed by atoms with Crippen LogP contribution in [-0.2, 0) is 9.62 Å². The van der Waals surface area contributed by atoms with Crippen molar-refractivity contribution in [3.63, 3.8) is 0 Å². The molecule has 0 aromatic carbocycles. The fourth-order valence-electron chi connectivity index (χ4n) is 0.0851. The first-order valence-corrected chi connectivity index (χ1v) is 1.39. The summed E-state index contributed by atoms with van der Waals surface area (Å²) >= 11 is 0. The molecule has 10 heavy (non-hydrogen) atoms. The van der Waals surface area contributed by atoms with Gasteiger partial charge in [0.25, 0.3) is 6.16 Å². The third-order valence-corrected chi connectivity index (χ3v) is 0.235. The van der Waals surface area contributed by atoms with Gasteiger partial charge in [0.15, 0.2) is 0 Å². The van der Waals surface area contributed by atoms with Crippen molar-refractivity contribution in [1.29, 1.82) is 0 Å². The molecule has 0 unspecified atom stereocenters. The quantitative estimate of drug-likeness (QED) is 0.126. The fourth-order valence-corrected chi connectivity index (χ4v) is 0.0851. The smallest absolute Gasteiger partial charge is 0.660 e. The van der Waals surface area contributed by atoms with Crippen molar-refractivity contribution >= 4 is 12.3 Å². The molecule has 0 bridgehead atoms. The molecule has 8 heteroatoms. The summed E-state index contributed by atoms with van der Waals surface area (Å²) in [7, 11) is 0. The van der Waals surface area contributed by atoms with E-state index in [2.05, 4.69) is 9.62 Å². The van der Waals surface area contributed by atoms with Crippen molar-refractivity contribution in [3.05, 3.63) is 0 Å². The zero-order valence-electron chi connectivity index (χ0n) is 5.45. The van der Waals surface area contributed by atoms with E-state index in [4.69, 9.17) is 5.26 Å². The number of carbonyl (C=O) groups is 2. The number of hydrogen-bond acceptors (Lipinski definition) is 6. The van der Waals surface area contributed by atoms with Gasteiger partial charge >= 0.3 is 109 Å². The second kappa shape index (κ2) is 11.0. The molecule has 6 nitrogen and oxygen atoms in total. The zero-order chi connectivity index (χ0) is 6.57. The van der Waals surface area contributed by atoms with E-state index < -0.39 is 12.3 Å². The average molecular weight is 198 g/mol. The Morgan fingerprint density at radius 3 is 1.70 bits per heavy atom.